The summed E-state index contributed by atoms with van der Waals surface area (Å²) in [6, 6.07) is 3.86. The third-order valence-electron chi connectivity index (χ3n) is 3.46. The fourth-order valence-corrected chi connectivity index (χ4v) is 3.49. The topological polar surface area (TPSA) is 90.7 Å². The van der Waals surface area contributed by atoms with Crippen molar-refractivity contribution in [3.05, 3.63) is 35.2 Å². The molecule has 7 nitrogen and oxygen atoms in total. The van der Waals surface area contributed by atoms with Gasteiger partial charge in [-0.25, -0.2) is 0 Å². The third-order valence-corrected chi connectivity index (χ3v) is 4.66. The molecular formula is C15H14F2N2O5S. The van der Waals surface area contributed by atoms with Gasteiger partial charge in [-0.05, 0) is 26.0 Å². The molecule has 1 aromatic carbocycles. The van der Waals surface area contributed by atoms with E-state index in [-0.39, 0.29) is 28.7 Å². The lowest BCUT2D eigenvalue weighted by Gasteiger charge is -2.06. The van der Waals surface area contributed by atoms with Gasteiger partial charge in [-0.3, -0.25) is 9.00 Å². The van der Waals surface area contributed by atoms with Crippen LogP contribution in [0.1, 0.15) is 17.0 Å². The van der Waals surface area contributed by atoms with Crippen LogP contribution in [0.2, 0.25) is 0 Å². The summed E-state index contributed by atoms with van der Waals surface area (Å²) in [5.41, 5.74) is 1.57. The monoisotopic (exact) mass is 372 g/mol. The largest absolute Gasteiger partial charge is 0.586 e. The van der Waals surface area contributed by atoms with E-state index in [1.807, 2.05) is 0 Å². The number of aromatic nitrogens is 1. The second kappa shape index (κ2) is 6.43. The molecule has 0 fully saturated rings. The normalized spacial score (nSPS) is 15.8. The van der Waals surface area contributed by atoms with E-state index in [0.29, 0.717) is 17.0 Å². The molecule has 134 valence electrons. The first-order valence-corrected chi connectivity index (χ1v) is 8.69. The van der Waals surface area contributed by atoms with E-state index in [0.717, 1.165) is 0 Å². The summed E-state index contributed by atoms with van der Waals surface area (Å²) >= 11 is 0. The molecule has 0 saturated carbocycles. The molecule has 10 heteroatoms. The number of benzene rings is 1. The van der Waals surface area contributed by atoms with Crippen molar-refractivity contribution in [2.75, 3.05) is 11.1 Å². The van der Waals surface area contributed by atoms with Crippen LogP contribution in [-0.2, 0) is 21.3 Å². The van der Waals surface area contributed by atoms with Crippen LogP contribution in [0.4, 0.5) is 14.5 Å². The predicted molar refractivity (Wildman–Crippen MR) is 84.0 cm³/mol. The van der Waals surface area contributed by atoms with E-state index in [2.05, 4.69) is 19.9 Å². The number of carbonyl (C=O) groups excluding carboxylic acids is 1. The molecule has 3 rings (SSSR count). The first-order chi connectivity index (χ1) is 11.7. The molecule has 1 atom stereocenters. The summed E-state index contributed by atoms with van der Waals surface area (Å²) < 4.78 is 51.6. The van der Waals surface area contributed by atoms with Crippen LogP contribution in [-0.4, -0.2) is 27.3 Å². The van der Waals surface area contributed by atoms with Gasteiger partial charge in [0.25, 0.3) is 0 Å². The summed E-state index contributed by atoms with van der Waals surface area (Å²) in [6.45, 7) is 3.43. The molecule has 0 aliphatic carbocycles. The first-order valence-electron chi connectivity index (χ1n) is 7.20. The van der Waals surface area contributed by atoms with Crippen molar-refractivity contribution in [2.24, 2.45) is 0 Å². The highest BCUT2D eigenvalue weighted by molar-refractivity contribution is 7.85. The minimum Gasteiger partial charge on any atom is -0.395 e. The summed E-state index contributed by atoms with van der Waals surface area (Å²) in [5.74, 6) is -0.375. The summed E-state index contributed by atoms with van der Waals surface area (Å²) in [5, 5.41) is 6.25. The number of aryl methyl sites for hydroxylation is 2. The second-order valence-corrected chi connectivity index (χ2v) is 6.87. The van der Waals surface area contributed by atoms with Gasteiger partial charge >= 0.3 is 6.29 Å². The van der Waals surface area contributed by atoms with Crippen molar-refractivity contribution in [3.63, 3.8) is 0 Å². The van der Waals surface area contributed by atoms with Gasteiger partial charge in [0.05, 0.1) is 11.4 Å². The number of amides is 1. The Bertz CT molecular complexity index is 833. The Balaban J connectivity index is 1.59. The van der Waals surface area contributed by atoms with Crippen LogP contribution in [0.15, 0.2) is 22.7 Å². The molecule has 0 saturated heterocycles. The minimum absolute atomic E-state index is 0.120. The Hall–Kier alpha value is -2.49. The SMILES string of the molecule is Cc1noc(C)c1CS(=O)CC(=O)Nc1ccc2c(c1)OC(F)(F)O2. The Morgan fingerprint density at radius 1 is 1.28 bits per heavy atom. The minimum atomic E-state index is -3.72. The first kappa shape index (κ1) is 17.3. The predicted octanol–water partition coefficient (Wildman–Crippen LogP) is 2.50. The second-order valence-electron chi connectivity index (χ2n) is 5.41. The number of anilines is 1. The lowest BCUT2D eigenvalue weighted by molar-refractivity contribution is -0.286. The number of nitrogens with zero attached hydrogens (tertiary/aromatic N) is 1. The molecule has 0 bridgehead atoms. The molecule has 1 aliphatic rings. The standard InChI is InChI=1S/C15H14F2N2O5S/c1-8-11(9(2)24-19-8)6-25(21)7-14(20)18-10-3-4-12-13(5-10)23-15(16,17)22-12/h3-5H,6-7H2,1-2H3,(H,18,20). The highest BCUT2D eigenvalue weighted by Crippen LogP contribution is 2.42. The van der Waals surface area contributed by atoms with E-state index in [9.17, 15) is 17.8 Å². The molecule has 0 spiro atoms. The van der Waals surface area contributed by atoms with Gasteiger partial charge in [-0.2, -0.15) is 0 Å². The Kier molecular flexibility index (Phi) is 4.46. The van der Waals surface area contributed by atoms with Crippen LogP contribution in [0.5, 0.6) is 11.5 Å². The van der Waals surface area contributed by atoms with Crippen LogP contribution in [0.25, 0.3) is 0 Å². The number of ether oxygens (including phenoxy) is 2. The smallest absolute Gasteiger partial charge is 0.395 e. The van der Waals surface area contributed by atoms with Gasteiger partial charge < -0.3 is 19.3 Å². The Morgan fingerprint density at radius 2 is 2.00 bits per heavy atom. The number of hydrogen-bond donors (Lipinski definition) is 1. The third kappa shape index (κ3) is 3.95. The van der Waals surface area contributed by atoms with Gasteiger partial charge in [0.15, 0.2) is 11.5 Å². The summed E-state index contributed by atoms with van der Waals surface area (Å²) in [6.07, 6.45) is -3.72. The quantitative estimate of drug-likeness (QED) is 0.867. The number of fused-ring (bicyclic) bond motifs is 1. The van der Waals surface area contributed by atoms with Crippen LogP contribution < -0.4 is 14.8 Å². The maximum Gasteiger partial charge on any atom is 0.586 e. The number of alkyl halides is 2. The number of carbonyl (C=O) groups is 1. The zero-order valence-electron chi connectivity index (χ0n) is 13.3. The highest BCUT2D eigenvalue weighted by Gasteiger charge is 2.43. The van der Waals surface area contributed by atoms with Crippen LogP contribution >= 0.6 is 0 Å². The maximum atomic E-state index is 13.0. The van der Waals surface area contributed by atoms with Crippen molar-refractivity contribution < 1.29 is 31.8 Å². The van der Waals surface area contributed by atoms with Crippen molar-refractivity contribution in [2.45, 2.75) is 25.9 Å². The van der Waals surface area contributed by atoms with E-state index in [4.69, 9.17) is 4.52 Å². The number of hydrogen-bond acceptors (Lipinski definition) is 6. The van der Waals surface area contributed by atoms with E-state index in [1.54, 1.807) is 13.8 Å². The molecule has 1 N–H and O–H groups in total. The summed E-state index contributed by atoms with van der Waals surface area (Å²) in [7, 11) is -1.47. The van der Waals surface area contributed by atoms with Gasteiger partial charge in [0, 0.05) is 28.1 Å². The molecular weight excluding hydrogens is 358 g/mol. The van der Waals surface area contributed by atoms with Gasteiger partial charge in [-0.15, -0.1) is 8.78 Å². The Labute approximate surface area is 143 Å². The number of halogens is 2. The van der Waals surface area contributed by atoms with Crippen molar-refractivity contribution in [1.29, 1.82) is 0 Å². The molecule has 25 heavy (non-hydrogen) atoms. The highest BCUT2D eigenvalue weighted by atomic mass is 32.2. The zero-order valence-corrected chi connectivity index (χ0v) is 14.1. The van der Waals surface area contributed by atoms with E-state index < -0.39 is 23.0 Å². The van der Waals surface area contributed by atoms with Crippen LogP contribution in [0, 0.1) is 13.8 Å². The van der Waals surface area contributed by atoms with Crippen molar-refractivity contribution in [3.8, 4) is 11.5 Å². The molecule has 2 aromatic rings. The Morgan fingerprint density at radius 3 is 2.68 bits per heavy atom. The average Bonchev–Trinajstić information content (AvgIpc) is 2.98. The molecule has 1 aliphatic heterocycles. The number of rotatable bonds is 5. The lowest BCUT2D eigenvalue weighted by atomic mass is 10.2. The van der Waals surface area contributed by atoms with Crippen molar-refractivity contribution >= 4 is 22.4 Å². The van der Waals surface area contributed by atoms with E-state index >= 15 is 0 Å². The molecule has 1 amide bonds. The fourth-order valence-electron chi connectivity index (χ4n) is 2.29. The summed E-state index contributed by atoms with van der Waals surface area (Å²) in [4.78, 5) is 12.0. The van der Waals surface area contributed by atoms with Gasteiger partial charge in [0.1, 0.15) is 11.5 Å². The van der Waals surface area contributed by atoms with Crippen molar-refractivity contribution in [1.82, 2.24) is 5.16 Å². The van der Waals surface area contributed by atoms with Gasteiger partial charge in [0.2, 0.25) is 5.91 Å². The average molecular weight is 372 g/mol. The zero-order chi connectivity index (χ0) is 18.2. The molecule has 0 radical (unpaired) electrons. The number of nitrogens with one attached hydrogen (secondary N) is 1. The van der Waals surface area contributed by atoms with E-state index in [1.165, 1.54) is 18.2 Å². The maximum absolute atomic E-state index is 13.0. The molecule has 2 heterocycles. The fraction of sp³-hybridized carbons (Fsp3) is 0.333. The lowest BCUT2D eigenvalue weighted by Crippen LogP contribution is -2.25. The molecule has 1 unspecified atom stereocenters. The van der Waals surface area contributed by atoms with Gasteiger partial charge in [-0.1, -0.05) is 5.16 Å². The van der Waals surface area contributed by atoms with Crippen LogP contribution in [0.3, 0.4) is 0 Å². The molecule has 1 aromatic heterocycles.